The van der Waals surface area contributed by atoms with Crippen molar-refractivity contribution >= 4 is 21.6 Å². The van der Waals surface area contributed by atoms with E-state index in [9.17, 15) is 0 Å². The summed E-state index contributed by atoms with van der Waals surface area (Å²) in [4.78, 5) is 3.30. The Bertz CT molecular complexity index is 532. The second-order valence-corrected chi connectivity index (χ2v) is 4.21. The molecule has 0 fully saturated rings. The highest BCUT2D eigenvalue weighted by Gasteiger charge is 2.10. The Morgan fingerprint density at radius 2 is 2.15 bits per heavy atom. The van der Waals surface area contributed by atoms with Gasteiger partial charge in [-0.05, 0) is 29.5 Å². The summed E-state index contributed by atoms with van der Waals surface area (Å²) in [5.41, 5.74) is 5.33. The molecule has 64 valence electrons. The molecule has 0 aromatic carbocycles. The number of aromatic nitrogens is 1. The molecule has 0 atom stereocenters. The summed E-state index contributed by atoms with van der Waals surface area (Å²) in [6.45, 7) is 2.17. The van der Waals surface area contributed by atoms with Crippen LogP contribution in [-0.2, 0) is 0 Å². The standard InChI is InChI=1S/C11H9NS/c1-7-2-3-8-6-12-9-4-5-13-11(9)10(7)8/h2-6,12H,1H3. The number of hydrogen-bond donors (Lipinski definition) is 1. The zero-order valence-corrected chi connectivity index (χ0v) is 8.11. The van der Waals surface area contributed by atoms with Crippen molar-refractivity contribution in [1.82, 2.24) is 4.98 Å². The van der Waals surface area contributed by atoms with Crippen molar-refractivity contribution in [2.45, 2.75) is 6.92 Å². The maximum atomic E-state index is 3.30. The van der Waals surface area contributed by atoms with E-state index >= 15 is 0 Å². The van der Waals surface area contributed by atoms with E-state index in [0.29, 0.717) is 0 Å². The van der Waals surface area contributed by atoms with Gasteiger partial charge in [0.15, 0.2) is 0 Å². The van der Waals surface area contributed by atoms with E-state index in [1.165, 1.54) is 26.9 Å². The Morgan fingerprint density at radius 1 is 1.23 bits per heavy atom. The maximum Gasteiger partial charge on any atom is 0.0586 e. The van der Waals surface area contributed by atoms with E-state index in [1.54, 1.807) is 11.3 Å². The van der Waals surface area contributed by atoms with Gasteiger partial charge in [0.05, 0.1) is 10.2 Å². The van der Waals surface area contributed by atoms with Crippen LogP contribution in [0, 0.1) is 6.92 Å². The lowest BCUT2D eigenvalue weighted by atomic mass is 10.1. The fourth-order valence-electron chi connectivity index (χ4n) is 1.81. The van der Waals surface area contributed by atoms with Crippen LogP contribution in [0.4, 0.5) is 0 Å². The van der Waals surface area contributed by atoms with Crippen LogP contribution in [0.25, 0.3) is 21.3 Å². The summed E-state index contributed by atoms with van der Waals surface area (Å²) < 4.78 is 1.38. The quantitative estimate of drug-likeness (QED) is 0.553. The van der Waals surface area contributed by atoms with Gasteiger partial charge < -0.3 is 4.98 Å². The number of pyridine rings is 1. The third kappa shape index (κ3) is 0.864. The van der Waals surface area contributed by atoms with Crippen LogP contribution in [0.3, 0.4) is 0 Å². The molecule has 2 aliphatic rings. The lowest BCUT2D eigenvalue weighted by Crippen LogP contribution is -1.79. The summed E-state index contributed by atoms with van der Waals surface area (Å²) in [6, 6.07) is 6.48. The molecule has 0 radical (unpaired) electrons. The fourth-order valence-corrected chi connectivity index (χ4v) is 2.80. The summed E-state index contributed by atoms with van der Waals surface area (Å²) in [5, 5.41) is 2.13. The van der Waals surface area contributed by atoms with Crippen LogP contribution in [0.1, 0.15) is 5.56 Å². The van der Waals surface area contributed by atoms with Gasteiger partial charge >= 0.3 is 0 Å². The number of fused-ring (bicyclic) bond motifs is 3. The SMILES string of the molecule is Cc1ccc2c[nH]c3ccsc3c1-2. The van der Waals surface area contributed by atoms with Gasteiger partial charge in [-0.25, -0.2) is 0 Å². The van der Waals surface area contributed by atoms with Gasteiger partial charge in [0, 0.05) is 11.8 Å². The van der Waals surface area contributed by atoms with Gasteiger partial charge in [-0.3, -0.25) is 0 Å². The molecule has 0 bridgehead atoms. The van der Waals surface area contributed by atoms with Crippen LogP contribution in [0.5, 0.6) is 0 Å². The zero-order chi connectivity index (χ0) is 8.84. The van der Waals surface area contributed by atoms with Crippen molar-refractivity contribution in [3.63, 3.8) is 0 Å². The van der Waals surface area contributed by atoms with E-state index in [4.69, 9.17) is 0 Å². The minimum atomic E-state index is 1.24. The van der Waals surface area contributed by atoms with Crippen molar-refractivity contribution < 1.29 is 0 Å². The molecule has 1 aliphatic carbocycles. The highest BCUT2D eigenvalue weighted by atomic mass is 32.1. The first-order valence-corrected chi connectivity index (χ1v) is 5.18. The van der Waals surface area contributed by atoms with Crippen LogP contribution in [-0.4, -0.2) is 4.98 Å². The first kappa shape index (κ1) is 7.15. The second kappa shape index (κ2) is 2.36. The van der Waals surface area contributed by atoms with Crippen LogP contribution < -0.4 is 0 Å². The van der Waals surface area contributed by atoms with Gasteiger partial charge in [0.1, 0.15) is 0 Å². The van der Waals surface area contributed by atoms with Gasteiger partial charge in [0.25, 0.3) is 0 Å². The highest BCUT2D eigenvalue weighted by molar-refractivity contribution is 7.17. The van der Waals surface area contributed by atoms with E-state index in [1.807, 2.05) is 0 Å². The summed E-state index contributed by atoms with van der Waals surface area (Å²) in [5.74, 6) is 0. The number of aromatic amines is 1. The second-order valence-electron chi connectivity index (χ2n) is 3.30. The number of H-pyrrole nitrogens is 1. The average molecular weight is 187 g/mol. The number of aryl methyl sites for hydroxylation is 1. The Kier molecular flexibility index (Phi) is 1.30. The van der Waals surface area contributed by atoms with E-state index in [2.05, 4.69) is 41.7 Å². The molecular weight excluding hydrogens is 178 g/mol. The lowest BCUT2D eigenvalue weighted by molar-refractivity contribution is 1.42. The van der Waals surface area contributed by atoms with Gasteiger partial charge in [0.2, 0.25) is 0 Å². The molecule has 0 amide bonds. The smallest absolute Gasteiger partial charge is 0.0586 e. The molecule has 2 heterocycles. The normalized spacial score (nSPS) is 11.5. The molecule has 3 rings (SSSR count). The first-order valence-electron chi connectivity index (χ1n) is 4.30. The van der Waals surface area contributed by atoms with Gasteiger partial charge in [-0.2, -0.15) is 0 Å². The zero-order valence-electron chi connectivity index (χ0n) is 7.29. The van der Waals surface area contributed by atoms with E-state index in [-0.39, 0.29) is 0 Å². The molecule has 0 unspecified atom stereocenters. The molecule has 1 aromatic heterocycles. The average Bonchev–Trinajstić information content (AvgIpc) is 2.70. The van der Waals surface area contributed by atoms with Crippen LogP contribution in [0.15, 0.2) is 29.8 Å². The summed E-state index contributed by atoms with van der Waals surface area (Å²) >= 11 is 1.80. The molecule has 0 saturated carbocycles. The Morgan fingerprint density at radius 3 is 3.08 bits per heavy atom. The summed E-state index contributed by atoms with van der Waals surface area (Å²) in [6.07, 6.45) is 2.08. The molecule has 2 heteroatoms. The molecule has 1 aliphatic heterocycles. The van der Waals surface area contributed by atoms with Crippen molar-refractivity contribution in [3.05, 3.63) is 35.3 Å². The Labute approximate surface area is 80.4 Å². The van der Waals surface area contributed by atoms with E-state index in [0.717, 1.165) is 0 Å². The molecule has 0 saturated heterocycles. The minimum Gasteiger partial charge on any atom is -0.360 e. The predicted octanol–water partition coefficient (Wildman–Crippen LogP) is 3.64. The number of hydrogen-bond acceptors (Lipinski definition) is 1. The molecule has 0 spiro atoms. The molecule has 13 heavy (non-hydrogen) atoms. The predicted molar refractivity (Wildman–Crippen MR) is 57.5 cm³/mol. The number of rotatable bonds is 0. The fraction of sp³-hybridized carbons (Fsp3) is 0.0909. The van der Waals surface area contributed by atoms with Crippen molar-refractivity contribution in [3.8, 4) is 11.1 Å². The van der Waals surface area contributed by atoms with Crippen molar-refractivity contribution in [2.24, 2.45) is 0 Å². The van der Waals surface area contributed by atoms with Crippen LogP contribution >= 0.6 is 11.3 Å². The van der Waals surface area contributed by atoms with Crippen molar-refractivity contribution in [2.75, 3.05) is 0 Å². The Balaban J connectivity index is 2.60. The topological polar surface area (TPSA) is 15.8 Å². The van der Waals surface area contributed by atoms with E-state index < -0.39 is 0 Å². The summed E-state index contributed by atoms with van der Waals surface area (Å²) in [7, 11) is 0. The number of nitrogens with one attached hydrogen (secondary N) is 1. The van der Waals surface area contributed by atoms with Crippen LogP contribution in [0.2, 0.25) is 0 Å². The van der Waals surface area contributed by atoms with Crippen molar-refractivity contribution in [1.29, 1.82) is 0 Å². The lowest BCUT2D eigenvalue weighted by Gasteiger charge is -2.02. The maximum absolute atomic E-state index is 3.30. The van der Waals surface area contributed by atoms with Gasteiger partial charge in [-0.15, -0.1) is 11.3 Å². The molecule has 1 aromatic rings. The third-order valence-electron chi connectivity index (χ3n) is 2.47. The highest BCUT2D eigenvalue weighted by Crippen LogP contribution is 2.36. The molecular formula is C11H9NS. The first-order chi connectivity index (χ1) is 6.36. The molecule has 1 nitrogen and oxygen atoms in total. The Hall–Kier alpha value is -1.28. The monoisotopic (exact) mass is 187 g/mol. The minimum absolute atomic E-state index is 1.24. The molecule has 1 N–H and O–H groups in total. The van der Waals surface area contributed by atoms with Gasteiger partial charge in [-0.1, -0.05) is 12.1 Å². The number of thiophene rings is 1. The largest absolute Gasteiger partial charge is 0.360 e. The third-order valence-corrected chi connectivity index (χ3v) is 3.40.